The molecule has 0 spiro atoms. The molecule has 2 rings (SSSR count). The van der Waals surface area contributed by atoms with Gasteiger partial charge in [0.25, 0.3) is 0 Å². The number of nitrogens with zero attached hydrogens (tertiary/aromatic N) is 1. The molecule has 1 aromatic carbocycles. The van der Waals surface area contributed by atoms with Gasteiger partial charge >= 0.3 is 0 Å². The Morgan fingerprint density at radius 1 is 1.09 bits per heavy atom. The van der Waals surface area contributed by atoms with E-state index in [0.717, 1.165) is 6.54 Å². The third kappa shape index (κ3) is 6.15. The molecule has 1 saturated carbocycles. The summed E-state index contributed by atoms with van der Waals surface area (Å²) >= 11 is 0. The molecule has 5 heteroatoms. The Morgan fingerprint density at radius 2 is 1.78 bits per heavy atom. The molecule has 0 saturated heterocycles. The molecule has 130 valence electrons. The van der Waals surface area contributed by atoms with Crippen LogP contribution in [0.5, 0.6) is 0 Å². The number of benzene rings is 1. The first-order chi connectivity index (χ1) is 11.1. The van der Waals surface area contributed by atoms with Crippen LogP contribution in [0.4, 0.5) is 5.69 Å². The fourth-order valence-electron chi connectivity index (χ4n) is 3.30. The minimum atomic E-state index is -3.00. The van der Waals surface area contributed by atoms with Gasteiger partial charge < -0.3 is 9.64 Å². The van der Waals surface area contributed by atoms with Crippen LogP contribution in [0.25, 0.3) is 0 Å². The van der Waals surface area contributed by atoms with Crippen molar-refractivity contribution < 1.29 is 13.2 Å². The van der Waals surface area contributed by atoms with Crippen molar-refractivity contribution in [2.45, 2.75) is 44.6 Å². The maximum atomic E-state index is 12.0. The van der Waals surface area contributed by atoms with Crippen molar-refractivity contribution in [3.05, 3.63) is 30.3 Å². The maximum Gasteiger partial charge on any atom is 0.152 e. The van der Waals surface area contributed by atoms with Crippen molar-refractivity contribution >= 4 is 15.5 Å². The molecule has 0 bridgehead atoms. The van der Waals surface area contributed by atoms with Crippen molar-refractivity contribution in [2.24, 2.45) is 0 Å². The number of anilines is 1. The SMILES string of the molecule is COCCS(=O)(=O)CCCN(c1ccccc1)C1CCCCC1. The molecule has 4 nitrogen and oxygen atoms in total. The molecule has 1 aliphatic carbocycles. The molecule has 0 heterocycles. The van der Waals surface area contributed by atoms with Crippen LogP contribution in [-0.2, 0) is 14.6 Å². The van der Waals surface area contributed by atoms with Crippen LogP contribution in [0.15, 0.2) is 30.3 Å². The zero-order valence-corrected chi connectivity index (χ0v) is 14.9. The molecule has 0 atom stereocenters. The molecule has 23 heavy (non-hydrogen) atoms. The summed E-state index contributed by atoms with van der Waals surface area (Å²) in [5.41, 5.74) is 1.22. The Balaban J connectivity index is 1.95. The zero-order valence-electron chi connectivity index (χ0n) is 14.1. The van der Waals surface area contributed by atoms with E-state index in [0.29, 0.717) is 12.5 Å². The Bertz CT molecular complexity index is 539. The fraction of sp³-hybridized carbons (Fsp3) is 0.667. The largest absolute Gasteiger partial charge is 0.384 e. The number of para-hydroxylation sites is 1. The van der Waals surface area contributed by atoms with E-state index in [1.165, 1.54) is 44.9 Å². The maximum absolute atomic E-state index is 12.0. The quantitative estimate of drug-likeness (QED) is 0.693. The third-order valence-corrected chi connectivity index (χ3v) is 6.26. The van der Waals surface area contributed by atoms with Crippen LogP contribution >= 0.6 is 0 Å². The van der Waals surface area contributed by atoms with E-state index in [-0.39, 0.29) is 18.1 Å². The minimum absolute atomic E-state index is 0.123. The lowest BCUT2D eigenvalue weighted by molar-refractivity contribution is 0.217. The molecule has 0 aliphatic heterocycles. The van der Waals surface area contributed by atoms with Gasteiger partial charge in [-0.15, -0.1) is 0 Å². The first-order valence-electron chi connectivity index (χ1n) is 8.63. The average molecular weight is 340 g/mol. The van der Waals surface area contributed by atoms with Gasteiger partial charge in [-0.05, 0) is 31.4 Å². The fourth-order valence-corrected chi connectivity index (χ4v) is 4.50. The van der Waals surface area contributed by atoms with Gasteiger partial charge in [0.2, 0.25) is 0 Å². The first kappa shape index (κ1) is 18.3. The van der Waals surface area contributed by atoms with Gasteiger partial charge in [-0.2, -0.15) is 0 Å². The van der Waals surface area contributed by atoms with Crippen molar-refractivity contribution in [3.8, 4) is 0 Å². The molecule has 0 aromatic heterocycles. The first-order valence-corrected chi connectivity index (χ1v) is 10.5. The Hall–Kier alpha value is -1.07. The normalized spacial score (nSPS) is 16.4. The summed E-state index contributed by atoms with van der Waals surface area (Å²) in [7, 11) is -1.47. The molecule has 0 unspecified atom stereocenters. The van der Waals surface area contributed by atoms with Gasteiger partial charge in [-0.1, -0.05) is 37.5 Å². The second-order valence-electron chi connectivity index (χ2n) is 6.32. The average Bonchev–Trinajstić information content (AvgIpc) is 2.58. The van der Waals surface area contributed by atoms with Gasteiger partial charge in [0.05, 0.1) is 18.1 Å². The molecular formula is C18H29NO3S. The highest BCUT2D eigenvalue weighted by Gasteiger charge is 2.22. The Morgan fingerprint density at radius 3 is 2.43 bits per heavy atom. The predicted octanol–water partition coefficient (Wildman–Crippen LogP) is 3.28. The van der Waals surface area contributed by atoms with E-state index >= 15 is 0 Å². The molecule has 1 aliphatic rings. The highest BCUT2D eigenvalue weighted by atomic mass is 32.2. The van der Waals surface area contributed by atoms with Crippen LogP contribution in [-0.4, -0.2) is 46.2 Å². The van der Waals surface area contributed by atoms with Gasteiger partial charge in [0.15, 0.2) is 9.84 Å². The van der Waals surface area contributed by atoms with Crippen molar-refractivity contribution in [2.75, 3.05) is 36.7 Å². The van der Waals surface area contributed by atoms with Crippen LogP contribution < -0.4 is 4.90 Å². The van der Waals surface area contributed by atoms with Crippen molar-refractivity contribution in [1.82, 2.24) is 0 Å². The lowest BCUT2D eigenvalue weighted by atomic mass is 9.93. The minimum Gasteiger partial charge on any atom is -0.384 e. The van der Waals surface area contributed by atoms with E-state index in [4.69, 9.17) is 4.74 Å². The number of rotatable bonds is 9. The summed E-state index contributed by atoms with van der Waals surface area (Å²) in [5.74, 6) is 0.366. The third-order valence-electron chi connectivity index (χ3n) is 4.56. The zero-order chi connectivity index (χ0) is 16.5. The molecule has 0 amide bonds. The molecule has 0 radical (unpaired) electrons. The highest BCUT2D eigenvalue weighted by Crippen LogP contribution is 2.27. The second kappa shape index (κ2) is 9.28. The van der Waals surface area contributed by atoms with Crippen molar-refractivity contribution in [1.29, 1.82) is 0 Å². The molecule has 0 N–H and O–H groups in total. The topological polar surface area (TPSA) is 46.6 Å². The monoisotopic (exact) mass is 339 g/mol. The van der Waals surface area contributed by atoms with Gasteiger partial charge in [0, 0.05) is 25.4 Å². The molecular weight excluding hydrogens is 310 g/mol. The van der Waals surface area contributed by atoms with E-state index in [9.17, 15) is 8.42 Å². The van der Waals surface area contributed by atoms with E-state index < -0.39 is 9.84 Å². The van der Waals surface area contributed by atoms with Gasteiger partial charge in [-0.3, -0.25) is 0 Å². The lowest BCUT2D eigenvalue weighted by Crippen LogP contribution is -2.38. The summed E-state index contributed by atoms with van der Waals surface area (Å²) in [4.78, 5) is 2.42. The summed E-state index contributed by atoms with van der Waals surface area (Å²) in [6, 6.07) is 11.0. The molecule has 1 aromatic rings. The molecule has 1 fully saturated rings. The number of ether oxygens (including phenoxy) is 1. The predicted molar refractivity (Wildman–Crippen MR) is 95.8 cm³/mol. The number of sulfone groups is 1. The summed E-state index contributed by atoms with van der Waals surface area (Å²) in [6.07, 6.45) is 6.99. The van der Waals surface area contributed by atoms with E-state index in [1.54, 1.807) is 0 Å². The lowest BCUT2D eigenvalue weighted by Gasteiger charge is -2.36. The summed E-state index contributed by atoms with van der Waals surface area (Å²) in [5, 5.41) is 0. The number of hydrogen-bond acceptors (Lipinski definition) is 4. The van der Waals surface area contributed by atoms with Gasteiger partial charge in [-0.25, -0.2) is 8.42 Å². The Labute approximate surface area is 140 Å². The van der Waals surface area contributed by atoms with Gasteiger partial charge in [0.1, 0.15) is 0 Å². The summed E-state index contributed by atoms with van der Waals surface area (Å²) in [6.45, 7) is 1.09. The smallest absolute Gasteiger partial charge is 0.152 e. The van der Waals surface area contributed by atoms with E-state index in [2.05, 4.69) is 29.2 Å². The standard InChI is InChI=1S/C18H29NO3S/c1-22-14-16-23(20,21)15-8-13-19(17-9-4-2-5-10-17)18-11-6-3-7-12-18/h2,4-5,9-10,18H,3,6-8,11-16H2,1H3. The summed E-state index contributed by atoms with van der Waals surface area (Å²) < 4.78 is 28.9. The van der Waals surface area contributed by atoms with Crippen LogP contribution in [0, 0.1) is 0 Å². The number of methoxy groups -OCH3 is 1. The van der Waals surface area contributed by atoms with Crippen LogP contribution in [0.2, 0.25) is 0 Å². The number of hydrogen-bond donors (Lipinski definition) is 0. The van der Waals surface area contributed by atoms with Crippen LogP contribution in [0.3, 0.4) is 0 Å². The second-order valence-corrected chi connectivity index (χ2v) is 8.62. The van der Waals surface area contributed by atoms with Crippen molar-refractivity contribution in [3.63, 3.8) is 0 Å². The Kier molecular flexibility index (Phi) is 7.37. The van der Waals surface area contributed by atoms with Crippen LogP contribution in [0.1, 0.15) is 38.5 Å². The van der Waals surface area contributed by atoms with E-state index in [1.807, 2.05) is 6.07 Å². The highest BCUT2D eigenvalue weighted by molar-refractivity contribution is 7.91.